The molecule has 0 saturated heterocycles. The highest BCUT2D eigenvalue weighted by atomic mass is 16.3. The van der Waals surface area contributed by atoms with Gasteiger partial charge in [-0.15, -0.1) is 0 Å². The van der Waals surface area contributed by atoms with Crippen molar-refractivity contribution in [3.8, 4) is 11.5 Å². The summed E-state index contributed by atoms with van der Waals surface area (Å²) in [5, 5.41) is 19.7. The van der Waals surface area contributed by atoms with E-state index in [0.29, 0.717) is 6.42 Å². The molecule has 88 valence electrons. The maximum absolute atomic E-state index is 9.85. The number of benzene rings is 2. The van der Waals surface area contributed by atoms with Crippen molar-refractivity contribution in [1.82, 2.24) is 0 Å². The Kier molecular flexibility index (Phi) is 3.05. The molecule has 2 aromatic rings. The topological polar surface area (TPSA) is 40.5 Å². The number of hydrogen-bond acceptors (Lipinski definition) is 2. The van der Waals surface area contributed by atoms with E-state index in [1.165, 1.54) is 0 Å². The molecule has 0 atom stereocenters. The van der Waals surface area contributed by atoms with Crippen molar-refractivity contribution in [3.05, 3.63) is 58.7 Å². The van der Waals surface area contributed by atoms with Crippen molar-refractivity contribution in [1.29, 1.82) is 0 Å². The Hall–Kier alpha value is -1.96. The van der Waals surface area contributed by atoms with Crippen molar-refractivity contribution in [2.75, 3.05) is 0 Å². The highest BCUT2D eigenvalue weighted by Gasteiger charge is 2.10. The summed E-state index contributed by atoms with van der Waals surface area (Å²) in [5.41, 5.74) is 3.81. The van der Waals surface area contributed by atoms with Crippen molar-refractivity contribution >= 4 is 0 Å². The molecule has 0 amide bonds. The van der Waals surface area contributed by atoms with E-state index < -0.39 is 0 Å². The summed E-state index contributed by atoms with van der Waals surface area (Å²) in [5.74, 6) is 0.570. The summed E-state index contributed by atoms with van der Waals surface area (Å²) in [7, 11) is 0. The number of phenols is 2. The van der Waals surface area contributed by atoms with E-state index in [1.54, 1.807) is 12.1 Å². The molecule has 2 heteroatoms. The van der Waals surface area contributed by atoms with Gasteiger partial charge in [-0.05, 0) is 37.1 Å². The average molecular weight is 228 g/mol. The molecule has 0 aliphatic rings. The molecule has 0 aliphatic heterocycles. The van der Waals surface area contributed by atoms with Gasteiger partial charge in [0.1, 0.15) is 11.5 Å². The van der Waals surface area contributed by atoms with Gasteiger partial charge in [-0.25, -0.2) is 0 Å². The quantitative estimate of drug-likeness (QED) is 0.828. The summed E-state index contributed by atoms with van der Waals surface area (Å²) in [6.07, 6.45) is 0.553. The third-order valence-electron chi connectivity index (χ3n) is 3.12. The van der Waals surface area contributed by atoms with E-state index in [-0.39, 0.29) is 11.5 Å². The molecular weight excluding hydrogens is 212 g/mol. The minimum atomic E-state index is 0.285. The second-order valence-electron chi connectivity index (χ2n) is 4.32. The molecule has 0 bridgehead atoms. The molecule has 2 nitrogen and oxygen atoms in total. The zero-order chi connectivity index (χ0) is 12.4. The zero-order valence-corrected chi connectivity index (χ0v) is 10.1. The molecule has 2 aromatic carbocycles. The third-order valence-corrected chi connectivity index (χ3v) is 3.12. The van der Waals surface area contributed by atoms with Crippen LogP contribution in [0.4, 0.5) is 0 Å². The Morgan fingerprint density at radius 3 is 1.53 bits per heavy atom. The first kappa shape index (κ1) is 11.5. The lowest BCUT2D eigenvalue weighted by Crippen LogP contribution is -1.95. The van der Waals surface area contributed by atoms with Crippen LogP contribution in [0.25, 0.3) is 0 Å². The number of aryl methyl sites for hydroxylation is 2. The molecule has 2 N–H and O–H groups in total. The second kappa shape index (κ2) is 4.50. The van der Waals surface area contributed by atoms with Gasteiger partial charge >= 0.3 is 0 Å². The van der Waals surface area contributed by atoms with Gasteiger partial charge in [-0.1, -0.05) is 24.3 Å². The lowest BCUT2D eigenvalue weighted by atomic mass is 9.96. The van der Waals surface area contributed by atoms with Crippen molar-refractivity contribution < 1.29 is 10.2 Å². The lowest BCUT2D eigenvalue weighted by molar-refractivity contribution is 0.462. The van der Waals surface area contributed by atoms with Crippen LogP contribution >= 0.6 is 0 Å². The van der Waals surface area contributed by atoms with E-state index in [4.69, 9.17) is 0 Å². The van der Waals surface area contributed by atoms with Crippen molar-refractivity contribution in [2.45, 2.75) is 20.3 Å². The van der Waals surface area contributed by atoms with E-state index in [1.807, 2.05) is 38.1 Å². The molecule has 0 heterocycles. The molecule has 0 radical (unpaired) electrons. The fraction of sp³-hybridized carbons (Fsp3) is 0.200. The van der Waals surface area contributed by atoms with Gasteiger partial charge in [0, 0.05) is 17.5 Å². The maximum atomic E-state index is 9.85. The van der Waals surface area contributed by atoms with Crippen molar-refractivity contribution in [2.24, 2.45) is 0 Å². The Labute approximate surface area is 101 Å². The Bertz CT molecular complexity index is 455. The third kappa shape index (κ3) is 2.26. The lowest BCUT2D eigenvalue weighted by Gasteiger charge is -2.11. The van der Waals surface area contributed by atoms with Gasteiger partial charge in [-0.2, -0.15) is 0 Å². The molecule has 17 heavy (non-hydrogen) atoms. The van der Waals surface area contributed by atoms with Gasteiger partial charge < -0.3 is 10.2 Å². The fourth-order valence-electron chi connectivity index (χ4n) is 2.01. The summed E-state index contributed by atoms with van der Waals surface area (Å²) in [6.45, 7) is 3.93. The van der Waals surface area contributed by atoms with Crippen LogP contribution in [0.1, 0.15) is 22.3 Å². The number of rotatable bonds is 2. The molecule has 0 saturated carbocycles. The summed E-state index contributed by atoms with van der Waals surface area (Å²) in [6, 6.07) is 10.9. The first-order chi connectivity index (χ1) is 8.09. The first-order valence-corrected chi connectivity index (χ1v) is 5.64. The summed E-state index contributed by atoms with van der Waals surface area (Å²) < 4.78 is 0. The molecule has 0 unspecified atom stereocenters. The standard InChI is InChI=1S/C15H16O2/c1-10-5-3-7-14(16)12(10)9-13-11(2)6-4-8-15(13)17/h3-8,16-17H,9H2,1-2H3. The Morgan fingerprint density at radius 1 is 0.765 bits per heavy atom. The van der Waals surface area contributed by atoms with Gasteiger partial charge in [0.25, 0.3) is 0 Å². The molecular formula is C15H16O2. The molecule has 0 aromatic heterocycles. The van der Waals surface area contributed by atoms with E-state index in [0.717, 1.165) is 22.3 Å². The predicted octanol–water partition coefficient (Wildman–Crippen LogP) is 3.31. The normalized spacial score (nSPS) is 10.5. The van der Waals surface area contributed by atoms with E-state index in [2.05, 4.69) is 0 Å². The van der Waals surface area contributed by atoms with Gasteiger partial charge in [-0.3, -0.25) is 0 Å². The van der Waals surface area contributed by atoms with Gasteiger partial charge in [0.05, 0.1) is 0 Å². The minimum Gasteiger partial charge on any atom is -0.508 e. The average Bonchev–Trinajstić information content (AvgIpc) is 2.27. The second-order valence-corrected chi connectivity index (χ2v) is 4.32. The number of hydrogen-bond donors (Lipinski definition) is 2. The summed E-state index contributed by atoms with van der Waals surface area (Å²) >= 11 is 0. The summed E-state index contributed by atoms with van der Waals surface area (Å²) in [4.78, 5) is 0. The van der Waals surface area contributed by atoms with Crippen LogP contribution in [0, 0.1) is 13.8 Å². The maximum Gasteiger partial charge on any atom is 0.119 e. The largest absolute Gasteiger partial charge is 0.508 e. The highest BCUT2D eigenvalue weighted by Crippen LogP contribution is 2.29. The SMILES string of the molecule is Cc1cccc(O)c1Cc1c(C)cccc1O. The van der Waals surface area contributed by atoms with Crippen LogP contribution in [0.15, 0.2) is 36.4 Å². The van der Waals surface area contributed by atoms with Crippen LogP contribution in [-0.4, -0.2) is 10.2 Å². The highest BCUT2D eigenvalue weighted by molar-refractivity contribution is 5.47. The van der Waals surface area contributed by atoms with Gasteiger partial charge in [0.2, 0.25) is 0 Å². The van der Waals surface area contributed by atoms with E-state index in [9.17, 15) is 10.2 Å². The minimum absolute atomic E-state index is 0.285. The molecule has 2 rings (SSSR count). The van der Waals surface area contributed by atoms with Crippen LogP contribution in [0.5, 0.6) is 11.5 Å². The van der Waals surface area contributed by atoms with E-state index >= 15 is 0 Å². The van der Waals surface area contributed by atoms with Crippen molar-refractivity contribution in [3.63, 3.8) is 0 Å². The Morgan fingerprint density at radius 2 is 1.18 bits per heavy atom. The molecule has 0 spiro atoms. The molecule has 0 aliphatic carbocycles. The predicted molar refractivity (Wildman–Crippen MR) is 68.5 cm³/mol. The first-order valence-electron chi connectivity index (χ1n) is 5.64. The van der Waals surface area contributed by atoms with Crippen LogP contribution in [-0.2, 0) is 6.42 Å². The smallest absolute Gasteiger partial charge is 0.119 e. The molecule has 0 fully saturated rings. The van der Waals surface area contributed by atoms with Crippen LogP contribution in [0.2, 0.25) is 0 Å². The van der Waals surface area contributed by atoms with Crippen LogP contribution in [0.3, 0.4) is 0 Å². The monoisotopic (exact) mass is 228 g/mol. The fourth-order valence-corrected chi connectivity index (χ4v) is 2.01. The zero-order valence-electron chi connectivity index (χ0n) is 10.1. The van der Waals surface area contributed by atoms with Gasteiger partial charge in [0.15, 0.2) is 0 Å². The number of aromatic hydroxyl groups is 2. The van der Waals surface area contributed by atoms with Crippen LogP contribution < -0.4 is 0 Å². The Balaban J connectivity index is 2.45. The number of phenolic OH excluding ortho intramolecular Hbond substituents is 2.